The van der Waals surface area contributed by atoms with Crippen LogP contribution in [0.25, 0.3) is 0 Å². The van der Waals surface area contributed by atoms with Gasteiger partial charge in [0.2, 0.25) is 23.6 Å². The van der Waals surface area contributed by atoms with Gasteiger partial charge < -0.3 is 47.8 Å². The number of phenols is 1. The van der Waals surface area contributed by atoms with Crippen molar-refractivity contribution < 1.29 is 44.4 Å². The average molecular weight is 759 g/mol. The van der Waals surface area contributed by atoms with Crippen molar-refractivity contribution in [1.29, 1.82) is 0 Å². The Morgan fingerprint density at radius 3 is 1.98 bits per heavy atom. The molecule has 3 amide bonds. The molecule has 0 bridgehead atoms. The van der Waals surface area contributed by atoms with Gasteiger partial charge in [0.15, 0.2) is 5.96 Å². The number of hydrogen-bond acceptors (Lipinski definition) is 9. The number of nitrogens with zero attached hydrogens (tertiary/aromatic N) is 3. The second-order valence-corrected chi connectivity index (χ2v) is 12.5. The lowest BCUT2D eigenvalue weighted by atomic mass is 10.0. The van der Waals surface area contributed by atoms with Crippen LogP contribution in [0.3, 0.4) is 0 Å². The third-order valence-electron chi connectivity index (χ3n) is 8.36. The summed E-state index contributed by atoms with van der Waals surface area (Å²) in [6.45, 7) is -0.572. The van der Waals surface area contributed by atoms with Crippen LogP contribution in [0, 0.1) is 0 Å². The van der Waals surface area contributed by atoms with Crippen LogP contribution in [0.2, 0.25) is 0 Å². The first-order valence-electron chi connectivity index (χ1n) is 17.0. The third-order valence-corrected chi connectivity index (χ3v) is 8.36. The molecule has 1 heterocycles. The minimum Gasteiger partial charge on any atom is -0.508 e. The zero-order valence-electron chi connectivity index (χ0n) is 29.5. The number of carbonyl (C=O) groups excluding carboxylic acids is 3. The monoisotopic (exact) mass is 758 g/mol. The zero-order valence-corrected chi connectivity index (χ0v) is 29.5. The van der Waals surface area contributed by atoms with Crippen LogP contribution in [0.15, 0.2) is 94.7 Å². The number of nitrogens with one attached hydrogen (secondary N) is 3. The largest absolute Gasteiger partial charge is 0.508 e. The molecule has 0 saturated carbocycles. The van der Waals surface area contributed by atoms with Crippen molar-refractivity contribution in [3.63, 3.8) is 0 Å². The maximum Gasteiger partial charge on any atom is 0.332 e. The van der Waals surface area contributed by atoms with Gasteiger partial charge in [0.25, 0.3) is 0 Å². The summed E-state index contributed by atoms with van der Waals surface area (Å²) in [6, 6.07) is 17.5. The molecule has 3 aromatic carbocycles. The number of rotatable bonds is 19. The van der Waals surface area contributed by atoms with Crippen LogP contribution in [-0.4, -0.2) is 83.8 Å². The Morgan fingerprint density at radius 2 is 1.38 bits per heavy atom. The second kappa shape index (κ2) is 19.1. The van der Waals surface area contributed by atoms with E-state index < -0.39 is 72.3 Å². The van der Waals surface area contributed by atoms with E-state index in [0.717, 1.165) is 10.1 Å². The first-order chi connectivity index (χ1) is 26.2. The van der Waals surface area contributed by atoms with Crippen molar-refractivity contribution in [1.82, 2.24) is 25.1 Å². The van der Waals surface area contributed by atoms with E-state index in [-0.39, 0.29) is 48.9 Å². The molecule has 0 aliphatic rings. The van der Waals surface area contributed by atoms with Gasteiger partial charge in [0.05, 0.1) is 18.7 Å². The number of amides is 3. The molecular weight excluding hydrogens is 716 g/mol. The van der Waals surface area contributed by atoms with Gasteiger partial charge in [-0.1, -0.05) is 72.8 Å². The molecule has 0 unspecified atom stereocenters. The molecule has 0 fully saturated rings. The Labute approximate surface area is 314 Å². The molecule has 0 aliphatic heterocycles. The van der Waals surface area contributed by atoms with Gasteiger partial charge in [-0.2, -0.15) is 0 Å². The van der Waals surface area contributed by atoms with Gasteiger partial charge in [-0.25, -0.2) is 9.59 Å². The fourth-order valence-corrected chi connectivity index (χ4v) is 5.68. The van der Waals surface area contributed by atoms with E-state index in [2.05, 4.69) is 20.9 Å². The number of aliphatic carboxylic acids is 2. The normalized spacial score (nSPS) is 12.4. The Morgan fingerprint density at radius 1 is 0.745 bits per heavy atom. The van der Waals surface area contributed by atoms with Crippen LogP contribution in [-0.2, 0) is 49.9 Å². The number of guanidine groups is 1. The standard InChI is InChI=1S/C37H42N8O10/c38-36(39)40-17-7-12-28-34(52)45(37(55)44(28)20-23-8-3-1-4-9-23)21-29(47)41-26(19-30(48)49)32(50)43-31(24-10-5-2-6-11-24)33(51)42-27(35(53)54)18-22-13-15-25(46)16-14-22/h1-6,8-11,13-16,26-27,31,46,52H,7,12,17-21H2,(H,41,47)(H,42,51)(H,43,50)(H,48,49)(H,53,54)(H4,38,39,40)/t26-,27+,31+/m1/s1. The number of hydrogen-bond donors (Lipinski definition) is 9. The Balaban J connectivity index is 1.56. The van der Waals surface area contributed by atoms with E-state index in [1.54, 1.807) is 48.5 Å². The van der Waals surface area contributed by atoms with E-state index in [1.165, 1.54) is 41.0 Å². The van der Waals surface area contributed by atoms with Gasteiger partial charge in [-0.05, 0) is 41.7 Å². The lowest BCUT2D eigenvalue weighted by Crippen LogP contribution is -2.53. The molecule has 0 radical (unpaired) electrons. The van der Waals surface area contributed by atoms with E-state index in [9.17, 15) is 49.2 Å². The number of imidazole rings is 1. The number of nitrogens with two attached hydrogens (primary N) is 2. The summed E-state index contributed by atoms with van der Waals surface area (Å²) >= 11 is 0. The SMILES string of the molecule is NC(N)=NCCCc1c(O)n(CC(=O)N[C@H](CC(=O)O)C(=O)N[C@H](C(=O)N[C@@H](Cc2ccc(O)cc2)C(=O)O)c2ccccc2)c(=O)n1Cc1ccccc1. The highest BCUT2D eigenvalue weighted by Crippen LogP contribution is 2.20. The molecule has 11 N–H and O–H groups in total. The van der Waals surface area contributed by atoms with Gasteiger partial charge in [0, 0.05) is 13.0 Å². The third kappa shape index (κ3) is 11.7. The fourth-order valence-electron chi connectivity index (χ4n) is 5.68. The number of phenolic OH excluding ortho intramolecular Hbond substituents is 1. The maximum atomic E-state index is 13.6. The highest BCUT2D eigenvalue weighted by atomic mass is 16.4. The summed E-state index contributed by atoms with van der Waals surface area (Å²) in [4.78, 5) is 82.0. The van der Waals surface area contributed by atoms with Crippen molar-refractivity contribution in [2.45, 2.75) is 56.9 Å². The van der Waals surface area contributed by atoms with Crippen molar-refractivity contribution in [2.75, 3.05) is 6.54 Å². The predicted octanol–water partition coefficient (Wildman–Crippen LogP) is -0.0556. The van der Waals surface area contributed by atoms with Gasteiger partial charge in [-0.3, -0.25) is 33.3 Å². The zero-order chi connectivity index (χ0) is 40.1. The quantitative estimate of drug-likeness (QED) is 0.0346. The van der Waals surface area contributed by atoms with Gasteiger partial charge in [-0.15, -0.1) is 0 Å². The van der Waals surface area contributed by atoms with E-state index in [0.29, 0.717) is 12.0 Å². The van der Waals surface area contributed by atoms with Crippen LogP contribution in [0.4, 0.5) is 0 Å². The number of carboxylic acids is 2. The topological polar surface area (TPSA) is 294 Å². The second-order valence-electron chi connectivity index (χ2n) is 12.5. The van der Waals surface area contributed by atoms with Crippen LogP contribution < -0.4 is 33.1 Å². The molecule has 1 aromatic heterocycles. The molecule has 0 saturated heterocycles. The van der Waals surface area contributed by atoms with Crippen molar-refractivity contribution in [3.8, 4) is 11.6 Å². The van der Waals surface area contributed by atoms with Crippen molar-refractivity contribution in [2.24, 2.45) is 16.5 Å². The summed E-state index contributed by atoms with van der Waals surface area (Å²) in [5.74, 6) is -6.64. The van der Waals surface area contributed by atoms with Crippen molar-refractivity contribution in [3.05, 3.63) is 118 Å². The molecule has 3 atom stereocenters. The predicted molar refractivity (Wildman–Crippen MR) is 198 cm³/mol. The van der Waals surface area contributed by atoms with Crippen LogP contribution in [0.5, 0.6) is 11.6 Å². The Kier molecular flexibility index (Phi) is 14.1. The number of aromatic nitrogens is 2. The van der Waals surface area contributed by atoms with Crippen LogP contribution in [0.1, 0.15) is 41.3 Å². The molecule has 55 heavy (non-hydrogen) atoms. The molecule has 18 nitrogen and oxygen atoms in total. The molecular formula is C37H42N8O10. The molecule has 0 spiro atoms. The maximum absolute atomic E-state index is 13.6. The van der Waals surface area contributed by atoms with Crippen molar-refractivity contribution >= 4 is 35.6 Å². The summed E-state index contributed by atoms with van der Waals surface area (Å²) in [5.41, 5.74) is 11.7. The van der Waals surface area contributed by atoms with Crippen LogP contribution >= 0.6 is 0 Å². The summed E-state index contributed by atoms with van der Waals surface area (Å²) in [6.07, 6.45) is -0.641. The minimum absolute atomic E-state index is 0.0411. The molecule has 0 aliphatic carbocycles. The highest BCUT2D eigenvalue weighted by Gasteiger charge is 2.32. The average Bonchev–Trinajstić information content (AvgIpc) is 3.36. The smallest absolute Gasteiger partial charge is 0.332 e. The lowest BCUT2D eigenvalue weighted by molar-refractivity contribution is -0.143. The number of benzene rings is 3. The molecule has 18 heteroatoms. The summed E-state index contributed by atoms with van der Waals surface area (Å²) in [7, 11) is 0. The van der Waals surface area contributed by atoms with E-state index in [1.807, 2.05) is 0 Å². The lowest BCUT2D eigenvalue weighted by Gasteiger charge is -2.24. The first kappa shape index (κ1) is 40.7. The fraction of sp³-hybridized carbons (Fsp3) is 0.270. The number of aromatic hydroxyl groups is 2. The number of carbonyl (C=O) groups is 5. The van der Waals surface area contributed by atoms with E-state index in [4.69, 9.17) is 11.5 Å². The molecule has 4 rings (SSSR count). The van der Waals surface area contributed by atoms with Gasteiger partial charge in [0.1, 0.15) is 30.4 Å². The Bertz CT molecular complexity index is 2060. The molecule has 4 aromatic rings. The Hall–Kier alpha value is -7.11. The first-order valence-corrected chi connectivity index (χ1v) is 17.0. The summed E-state index contributed by atoms with van der Waals surface area (Å²) in [5, 5.41) is 47.3. The number of aliphatic imine (C=N–C) groups is 1. The molecule has 290 valence electrons. The minimum atomic E-state index is -1.78. The highest BCUT2D eigenvalue weighted by molar-refractivity contribution is 5.95. The summed E-state index contributed by atoms with van der Waals surface area (Å²) < 4.78 is 2.06. The van der Waals surface area contributed by atoms with Gasteiger partial charge >= 0.3 is 17.6 Å². The van der Waals surface area contributed by atoms with E-state index >= 15 is 0 Å². The number of carboxylic acid groups (broad SMARTS) is 2.